The molecule has 0 fully saturated rings. The first-order valence-corrected chi connectivity index (χ1v) is 10.7. The number of benzene rings is 3. The second-order valence-corrected chi connectivity index (χ2v) is 7.47. The van der Waals surface area contributed by atoms with Gasteiger partial charge in [-0.3, -0.25) is 4.79 Å². The minimum atomic E-state index is -0.201. The average molecular weight is 467 g/mol. The summed E-state index contributed by atoms with van der Waals surface area (Å²) in [6.07, 6.45) is 1.18. The lowest BCUT2D eigenvalue weighted by atomic mass is 9.92. The molecule has 0 spiro atoms. The van der Waals surface area contributed by atoms with Gasteiger partial charge in [0.2, 0.25) is 0 Å². The highest BCUT2D eigenvalue weighted by Gasteiger charge is 2.22. The third-order valence-electron chi connectivity index (χ3n) is 5.61. The number of rotatable bonds is 11. The molecule has 0 saturated heterocycles. The molecule has 0 amide bonds. The summed E-state index contributed by atoms with van der Waals surface area (Å²) in [5, 5.41) is 0. The highest BCUT2D eigenvalue weighted by molar-refractivity contribution is 6.12. The van der Waals surface area contributed by atoms with Crippen molar-refractivity contribution in [2.24, 2.45) is 0 Å². The van der Waals surface area contributed by atoms with Crippen LogP contribution >= 0.6 is 0 Å². The number of hydrogen-bond donors (Lipinski definition) is 0. The summed E-state index contributed by atoms with van der Waals surface area (Å²) in [7, 11) is 9.45. The molecule has 3 rings (SSSR count). The van der Waals surface area contributed by atoms with Crippen LogP contribution < -0.4 is 28.4 Å². The number of aryl methyl sites for hydroxylation is 2. The van der Waals surface area contributed by atoms with E-state index < -0.39 is 0 Å². The van der Waals surface area contributed by atoms with Crippen LogP contribution in [0.15, 0.2) is 48.5 Å². The van der Waals surface area contributed by atoms with Crippen molar-refractivity contribution in [2.75, 3.05) is 42.7 Å². The van der Waals surface area contributed by atoms with E-state index in [9.17, 15) is 4.79 Å². The first kappa shape index (κ1) is 24.8. The van der Waals surface area contributed by atoms with E-state index in [4.69, 9.17) is 28.4 Å². The first-order valence-electron chi connectivity index (χ1n) is 10.7. The average Bonchev–Trinajstić information content (AvgIpc) is 2.90. The van der Waals surface area contributed by atoms with Crippen LogP contribution in [0, 0.1) is 0 Å². The molecule has 0 aromatic heterocycles. The van der Waals surface area contributed by atoms with E-state index in [0.717, 1.165) is 16.9 Å². The standard InChI is InChI=1S/C27H30O7/c1-29-20-10-9-17(24(15-20)33-5)7-8-18-11-23(32-4)16-25(34-6)26(18)27(28)19-12-21(30-2)14-22(13-19)31-3/h9-16H,7-8H2,1-6H3. The molecule has 0 bridgehead atoms. The zero-order chi connectivity index (χ0) is 24.7. The first-order chi connectivity index (χ1) is 16.5. The maximum Gasteiger partial charge on any atom is 0.197 e. The van der Waals surface area contributed by atoms with Crippen molar-refractivity contribution in [3.05, 3.63) is 70.8 Å². The molecule has 0 aliphatic heterocycles. The Morgan fingerprint density at radius 3 is 1.65 bits per heavy atom. The van der Waals surface area contributed by atoms with Crippen LogP contribution in [-0.2, 0) is 12.8 Å². The summed E-state index contributed by atoms with van der Waals surface area (Å²) >= 11 is 0. The lowest BCUT2D eigenvalue weighted by Gasteiger charge is -2.17. The molecular weight excluding hydrogens is 436 g/mol. The summed E-state index contributed by atoms with van der Waals surface area (Å²) in [6.45, 7) is 0. The molecular formula is C27H30O7. The van der Waals surface area contributed by atoms with Crippen LogP contribution in [0.5, 0.6) is 34.5 Å². The molecule has 0 aliphatic carbocycles. The Morgan fingerprint density at radius 1 is 0.559 bits per heavy atom. The molecule has 34 heavy (non-hydrogen) atoms. The highest BCUT2D eigenvalue weighted by atomic mass is 16.5. The van der Waals surface area contributed by atoms with Gasteiger partial charge in [0, 0.05) is 23.8 Å². The number of ketones is 1. The predicted octanol–water partition coefficient (Wildman–Crippen LogP) is 4.75. The minimum Gasteiger partial charge on any atom is -0.497 e. The number of carbonyl (C=O) groups is 1. The van der Waals surface area contributed by atoms with Crippen molar-refractivity contribution in [2.45, 2.75) is 12.8 Å². The number of methoxy groups -OCH3 is 6. The molecule has 0 radical (unpaired) electrons. The Bertz CT molecular complexity index is 1130. The maximum atomic E-state index is 13.7. The van der Waals surface area contributed by atoms with Crippen molar-refractivity contribution >= 4 is 5.78 Å². The van der Waals surface area contributed by atoms with Gasteiger partial charge in [0.05, 0.1) is 48.2 Å². The quantitative estimate of drug-likeness (QED) is 0.378. The summed E-state index contributed by atoms with van der Waals surface area (Å²) in [5.74, 6) is 3.33. The van der Waals surface area contributed by atoms with Gasteiger partial charge in [-0.2, -0.15) is 0 Å². The lowest BCUT2D eigenvalue weighted by Crippen LogP contribution is -2.10. The Hall–Kier alpha value is -3.87. The molecule has 3 aromatic rings. The summed E-state index contributed by atoms with van der Waals surface area (Å²) < 4.78 is 32.6. The van der Waals surface area contributed by atoms with Crippen LogP contribution in [-0.4, -0.2) is 48.4 Å². The van der Waals surface area contributed by atoms with Gasteiger partial charge in [-0.25, -0.2) is 0 Å². The molecule has 0 aliphatic rings. The van der Waals surface area contributed by atoms with E-state index in [2.05, 4.69) is 0 Å². The van der Waals surface area contributed by atoms with E-state index in [1.54, 1.807) is 59.8 Å². The monoisotopic (exact) mass is 466 g/mol. The minimum absolute atomic E-state index is 0.201. The second-order valence-electron chi connectivity index (χ2n) is 7.47. The second kappa shape index (κ2) is 11.3. The van der Waals surface area contributed by atoms with Crippen molar-refractivity contribution in [3.63, 3.8) is 0 Å². The van der Waals surface area contributed by atoms with Crippen LogP contribution in [0.3, 0.4) is 0 Å². The lowest BCUT2D eigenvalue weighted by molar-refractivity contribution is 0.103. The van der Waals surface area contributed by atoms with Crippen LogP contribution in [0.1, 0.15) is 27.0 Å². The van der Waals surface area contributed by atoms with Gasteiger partial charge in [-0.15, -0.1) is 0 Å². The van der Waals surface area contributed by atoms with Crippen molar-refractivity contribution < 1.29 is 33.2 Å². The highest BCUT2D eigenvalue weighted by Crippen LogP contribution is 2.34. The summed E-state index contributed by atoms with van der Waals surface area (Å²) in [6, 6.07) is 14.4. The largest absolute Gasteiger partial charge is 0.497 e. The molecule has 0 N–H and O–H groups in total. The number of ether oxygens (including phenoxy) is 6. The molecule has 3 aromatic carbocycles. The van der Waals surface area contributed by atoms with E-state index in [0.29, 0.717) is 52.7 Å². The van der Waals surface area contributed by atoms with E-state index >= 15 is 0 Å². The third kappa shape index (κ3) is 5.36. The zero-order valence-corrected chi connectivity index (χ0v) is 20.4. The van der Waals surface area contributed by atoms with E-state index in [1.807, 2.05) is 24.3 Å². The molecule has 7 heteroatoms. The van der Waals surface area contributed by atoms with Gasteiger partial charge in [-0.1, -0.05) is 6.07 Å². The molecule has 7 nitrogen and oxygen atoms in total. The Morgan fingerprint density at radius 2 is 1.09 bits per heavy atom. The summed E-state index contributed by atoms with van der Waals surface area (Å²) in [4.78, 5) is 13.7. The van der Waals surface area contributed by atoms with Crippen LogP contribution in [0.25, 0.3) is 0 Å². The number of hydrogen-bond acceptors (Lipinski definition) is 7. The maximum absolute atomic E-state index is 13.7. The fourth-order valence-electron chi connectivity index (χ4n) is 3.79. The Balaban J connectivity index is 2.05. The SMILES string of the molecule is COc1cc(OC)cc(C(=O)c2c(CCc3ccc(OC)cc3OC)cc(OC)cc2OC)c1. The molecule has 0 saturated carbocycles. The van der Waals surface area contributed by atoms with Crippen molar-refractivity contribution in [3.8, 4) is 34.5 Å². The molecule has 180 valence electrons. The van der Waals surface area contributed by atoms with Crippen molar-refractivity contribution in [1.29, 1.82) is 0 Å². The Kier molecular flexibility index (Phi) is 8.24. The fraction of sp³-hybridized carbons (Fsp3) is 0.296. The predicted molar refractivity (Wildman–Crippen MR) is 129 cm³/mol. The van der Waals surface area contributed by atoms with Gasteiger partial charge >= 0.3 is 0 Å². The zero-order valence-electron chi connectivity index (χ0n) is 20.4. The van der Waals surface area contributed by atoms with Gasteiger partial charge in [0.15, 0.2) is 5.78 Å². The third-order valence-corrected chi connectivity index (χ3v) is 5.61. The molecule has 0 unspecified atom stereocenters. The van der Waals surface area contributed by atoms with Gasteiger partial charge < -0.3 is 28.4 Å². The molecule has 0 heterocycles. The van der Waals surface area contributed by atoms with Crippen molar-refractivity contribution in [1.82, 2.24) is 0 Å². The topological polar surface area (TPSA) is 72.5 Å². The smallest absolute Gasteiger partial charge is 0.197 e. The van der Waals surface area contributed by atoms with E-state index in [1.165, 1.54) is 7.11 Å². The Labute approximate surface area is 200 Å². The normalized spacial score (nSPS) is 10.4. The van der Waals surface area contributed by atoms with E-state index in [-0.39, 0.29) is 5.78 Å². The fourth-order valence-corrected chi connectivity index (χ4v) is 3.79. The van der Waals surface area contributed by atoms with Gasteiger partial charge in [-0.05, 0) is 48.2 Å². The summed E-state index contributed by atoms with van der Waals surface area (Å²) in [5.41, 5.74) is 2.68. The van der Waals surface area contributed by atoms with Crippen LogP contribution in [0.2, 0.25) is 0 Å². The molecule has 0 atom stereocenters. The van der Waals surface area contributed by atoms with Gasteiger partial charge in [0.25, 0.3) is 0 Å². The number of carbonyl (C=O) groups excluding carboxylic acids is 1. The van der Waals surface area contributed by atoms with Crippen LogP contribution in [0.4, 0.5) is 0 Å². The van der Waals surface area contributed by atoms with Gasteiger partial charge in [0.1, 0.15) is 34.5 Å².